The maximum atomic E-state index is 13.5. The Morgan fingerprint density at radius 3 is 2.62 bits per heavy atom. The fourth-order valence-electron chi connectivity index (χ4n) is 4.59. The molecule has 5 heteroatoms. The van der Waals surface area contributed by atoms with Crippen molar-refractivity contribution >= 4 is 11.9 Å². The standard InChI is InChI=1S/C24H26N4O/c1-18-6-5-9-20(14-18)16-28-23(29)21-17-26(15-19-7-3-2-4-8-19)12-10-22(21)27-13-11-25-24(27)28/h2-9,14H,10-13,15-17H2,1H3. The van der Waals surface area contributed by atoms with E-state index in [-0.39, 0.29) is 5.91 Å². The number of carbonyl (C=O) groups excluding carboxylic acids is 1. The van der Waals surface area contributed by atoms with Crippen molar-refractivity contribution in [3.05, 3.63) is 82.6 Å². The van der Waals surface area contributed by atoms with Gasteiger partial charge in [-0.2, -0.15) is 0 Å². The van der Waals surface area contributed by atoms with Gasteiger partial charge in [-0.25, -0.2) is 0 Å². The van der Waals surface area contributed by atoms with Gasteiger partial charge >= 0.3 is 0 Å². The van der Waals surface area contributed by atoms with E-state index in [1.807, 2.05) is 11.0 Å². The molecule has 0 fully saturated rings. The number of aliphatic imine (C=N–C) groups is 1. The van der Waals surface area contributed by atoms with Gasteiger partial charge in [0, 0.05) is 38.3 Å². The van der Waals surface area contributed by atoms with Gasteiger partial charge in [-0.15, -0.1) is 0 Å². The summed E-state index contributed by atoms with van der Waals surface area (Å²) in [5.41, 5.74) is 5.79. The highest BCUT2D eigenvalue weighted by molar-refractivity contribution is 6.09. The van der Waals surface area contributed by atoms with Crippen molar-refractivity contribution in [1.82, 2.24) is 14.7 Å². The van der Waals surface area contributed by atoms with Gasteiger partial charge in [0.05, 0.1) is 18.7 Å². The molecule has 5 nitrogen and oxygen atoms in total. The lowest BCUT2D eigenvalue weighted by Gasteiger charge is -2.42. The fourth-order valence-corrected chi connectivity index (χ4v) is 4.59. The summed E-state index contributed by atoms with van der Waals surface area (Å²) in [6.45, 7) is 6.86. The predicted molar refractivity (Wildman–Crippen MR) is 114 cm³/mol. The zero-order valence-corrected chi connectivity index (χ0v) is 16.8. The van der Waals surface area contributed by atoms with Crippen molar-refractivity contribution in [2.24, 2.45) is 4.99 Å². The zero-order chi connectivity index (χ0) is 19.8. The Morgan fingerprint density at radius 1 is 0.966 bits per heavy atom. The third kappa shape index (κ3) is 3.47. The molecule has 0 saturated carbocycles. The molecule has 0 bridgehead atoms. The number of rotatable bonds is 4. The van der Waals surface area contributed by atoms with E-state index < -0.39 is 0 Å². The number of hydrogen-bond acceptors (Lipinski definition) is 4. The van der Waals surface area contributed by atoms with E-state index in [0.29, 0.717) is 13.1 Å². The summed E-state index contributed by atoms with van der Waals surface area (Å²) in [5, 5.41) is 0. The van der Waals surface area contributed by atoms with Crippen LogP contribution in [0.25, 0.3) is 0 Å². The van der Waals surface area contributed by atoms with Crippen LogP contribution in [0.3, 0.4) is 0 Å². The molecule has 0 aromatic heterocycles. The van der Waals surface area contributed by atoms with Gasteiger partial charge in [-0.1, -0.05) is 60.2 Å². The molecule has 0 radical (unpaired) electrons. The van der Waals surface area contributed by atoms with E-state index in [4.69, 9.17) is 0 Å². The van der Waals surface area contributed by atoms with Crippen molar-refractivity contribution in [3.8, 4) is 0 Å². The van der Waals surface area contributed by atoms with Gasteiger partial charge < -0.3 is 4.90 Å². The lowest BCUT2D eigenvalue weighted by atomic mass is 10.00. The second kappa shape index (κ2) is 7.48. The highest BCUT2D eigenvalue weighted by Gasteiger charge is 2.40. The Bertz CT molecular complexity index is 995. The highest BCUT2D eigenvalue weighted by atomic mass is 16.2. The lowest BCUT2D eigenvalue weighted by Crippen LogP contribution is -2.53. The Morgan fingerprint density at radius 2 is 1.79 bits per heavy atom. The minimum absolute atomic E-state index is 0.121. The number of fused-ring (bicyclic) bond motifs is 2. The molecule has 0 unspecified atom stereocenters. The number of carbonyl (C=O) groups is 1. The van der Waals surface area contributed by atoms with Gasteiger partial charge in [0.2, 0.25) is 5.96 Å². The summed E-state index contributed by atoms with van der Waals surface area (Å²) in [6, 6.07) is 18.9. The number of amides is 1. The van der Waals surface area contributed by atoms with Crippen molar-refractivity contribution in [2.75, 3.05) is 26.2 Å². The first-order chi connectivity index (χ1) is 14.2. The van der Waals surface area contributed by atoms with E-state index >= 15 is 0 Å². The first kappa shape index (κ1) is 18.1. The minimum Gasteiger partial charge on any atom is -0.314 e. The van der Waals surface area contributed by atoms with Gasteiger partial charge in [0.15, 0.2) is 0 Å². The molecule has 0 spiro atoms. The largest absolute Gasteiger partial charge is 0.314 e. The van der Waals surface area contributed by atoms with Crippen LogP contribution in [-0.4, -0.2) is 52.7 Å². The van der Waals surface area contributed by atoms with Crippen LogP contribution in [0.15, 0.2) is 70.9 Å². The molecule has 3 heterocycles. The van der Waals surface area contributed by atoms with Crippen LogP contribution >= 0.6 is 0 Å². The van der Waals surface area contributed by atoms with Crippen LogP contribution in [0.4, 0.5) is 0 Å². The Kier molecular flexibility index (Phi) is 4.68. The van der Waals surface area contributed by atoms with Crippen LogP contribution in [0, 0.1) is 6.92 Å². The molecule has 29 heavy (non-hydrogen) atoms. The summed E-state index contributed by atoms with van der Waals surface area (Å²) in [5.74, 6) is 0.961. The molecule has 2 aromatic carbocycles. The van der Waals surface area contributed by atoms with Crippen molar-refractivity contribution in [2.45, 2.75) is 26.4 Å². The van der Waals surface area contributed by atoms with E-state index in [1.165, 1.54) is 16.8 Å². The second-order valence-corrected chi connectivity index (χ2v) is 8.09. The Hall–Kier alpha value is -2.92. The molecule has 0 N–H and O–H groups in total. The maximum Gasteiger partial charge on any atom is 0.259 e. The Balaban J connectivity index is 1.41. The molecule has 2 aromatic rings. The average Bonchev–Trinajstić information content (AvgIpc) is 3.22. The minimum atomic E-state index is 0.121. The van der Waals surface area contributed by atoms with Gasteiger partial charge in [-0.3, -0.25) is 19.6 Å². The summed E-state index contributed by atoms with van der Waals surface area (Å²) in [7, 11) is 0. The van der Waals surface area contributed by atoms with Crippen LogP contribution in [0.2, 0.25) is 0 Å². The molecular weight excluding hydrogens is 360 g/mol. The molecule has 0 atom stereocenters. The third-order valence-electron chi connectivity index (χ3n) is 5.96. The smallest absolute Gasteiger partial charge is 0.259 e. The van der Waals surface area contributed by atoms with Crippen molar-refractivity contribution in [3.63, 3.8) is 0 Å². The fraction of sp³-hybridized carbons (Fsp3) is 0.333. The van der Waals surface area contributed by atoms with Gasteiger partial charge in [-0.05, 0) is 18.1 Å². The predicted octanol–water partition coefficient (Wildman–Crippen LogP) is 3.17. The number of guanidine groups is 1. The van der Waals surface area contributed by atoms with Crippen molar-refractivity contribution < 1.29 is 4.79 Å². The highest BCUT2D eigenvalue weighted by Crippen LogP contribution is 2.32. The topological polar surface area (TPSA) is 39.2 Å². The maximum absolute atomic E-state index is 13.5. The number of aryl methyl sites for hydroxylation is 1. The average molecular weight is 386 g/mol. The molecule has 3 aliphatic heterocycles. The van der Waals surface area contributed by atoms with E-state index in [2.05, 4.69) is 70.2 Å². The van der Waals surface area contributed by atoms with Crippen LogP contribution < -0.4 is 0 Å². The lowest BCUT2D eigenvalue weighted by molar-refractivity contribution is -0.125. The number of nitrogens with zero attached hydrogens (tertiary/aromatic N) is 4. The first-order valence-electron chi connectivity index (χ1n) is 10.4. The molecule has 0 aliphatic carbocycles. The van der Waals surface area contributed by atoms with Crippen LogP contribution in [0.1, 0.15) is 23.1 Å². The summed E-state index contributed by atoms with van der Waals surface area (Å²) in [6.07, 6.45) is 0.908. The zero-order valence-electron chi connectivity index (χ0n) is 16.8. The SMILES string of the molecule is Cc1cccc(CN2C(=O)C3=C(CCN(Cc4ccccc4)C3)N3CCN=C23)c1. The second-order valence-electron chi connectivity index (χ2n) is 8.09. The third-order valence-corrected chi connectivity index (χ3v) is 5.96. The summed E-state index contributed by atoms with van der Waals surface area (Å²) < 4.78 is 0. The number of benzene rings is 2. The number of hydrogen-bond donors (Lipinski definition) is 0. The molecule has 1 amide bonds. The molecular formula is C24H26N4O. The van der Waals surface area contributed by atoms with Gasteiger partial charge in [0.1, 0.15) is 0 Å². The van der Waals surface area contributed by atoms with Crippen LogP contribution in [-0.2, 0) is 17.9 Å². The quantitative estimate of drug-likeness (QED) is 0.810. The van der Waals surface area contributed by atoms with E-state index in [0.717, 1.165) is 49.7 Å². The Labute approximate surface area is 171 Å². The first-order valence-corrected chi connectivity index (χ1v) is 10.4. The molecule has 148 valence electrons. The van der Waals surface area contributed by atoms with E-state index in [9.17, 15) is 4.79 Å². The van der Waals surface area contributed by atoms with Crippen molar-refractivity contribution in [1.29, 1.82) is 0 Å². The monoisotopic (exact) mass is 386 g/mol. The summed E-state index contributed by atoms with van der Waals surface area (Å²) >= 11 is 0. The molecule has 3 aliphatic rings. The van der Waals surface area contributed by atoms with E-state index in [1.54, 1.807) is 0 Å². The molecule has 5 rings (SSSR count). The normalized spacial score (nSPS) is 19.3. The van der Waals surface area contributed by atoms with Crippen LogP contribution in [0.5, 0.6) is 0 Å². The molecule has 0 saturated heterocycles. The summed E-state index contributed by atoms with van der Waals surface area (Å²) in [4.78, 5) is 24.8. The van der Waals surface area contributed by atoms with Gasteiger partial charge in [0.25, 0.3) is 5.91 Å².